The Hall–Kier alpha value is -1.96. The summed E-state index contributed by atoms with van der Waals surface area (Å²) in [5.41, 5.74) is 3.59. The highest BCUT2D eigenvalue weighted by Crippen LogP contribution is 2.06. The lowest BCUT2D eigenvalue weighted by atomic mass is 10.1. The number of hydrazine groups is 1. The highest BCUT2D eigenvalue weighted by Gasteiger charge is 2.08. The minimum absolute atomic E-state index is 0.0475. The van der Waals surface area contributed by atoms with E-state index in [1.54, 1.807) is 19.2 Å². The standard InChI is InChI=1S/C14H22N4O3/c1-18(10-13(19)16-7-8-21-2)9-11-3-5-12(6-4-11)14(20)17-15/h3-6H,7-10,15H2,1-2H3,(H,16,19)(H,17,20). The Labute approximate surface area is 124 Å². The van der Waals surface area contributed by atoms with Gasteiger partial charge in [0.2, 0.25) is 5.91 Å². The van der Waals surface area contributed by atoms with Gasteiger partial charge in [0.1, 0.15) is 0 Å². The predicted molar refractivity (Wildman–Crippen MR) is 79.3 cm³/mol. The molecule has 0 bridgehead atoms. The zero-order valence-corrected chi connectivity index (χ0v) is 12.4. The van der Waals surface area contributed by atoms with Crippen molar-refractivity contribution in [1.82, 2.24) is 15.6 Å². The molecule has 0 atom stereocenters. The molecule has 7 nitrogen and oxygen atoms in total. The fourth-order valence-electron chi connectivity index (χ4n) is 1.81. The van der Waals surface area contributed by atoms with Crippen LogP contribution >= 0.6 is 0 Å². The van der Waals surface area contributed by atoms with E-state index >= 15 is 0 Å². The second kappa shape index (κ2) is 9.06. The molecule has 4 N–H and O–H groups in total. The van der Waals surface area contributed by atoms with Crippen molar-refractivity contribution in [1.29, 1.82) is 0 Å². The van der Waals surface area contributed by atoms with E-state index in [9.17, 15) is 9.59 Å². The van der Waals surface area contributed by atoms with E-state index in [4.69, 9.17) is 10.6 Å². The van der Waals surface area contributed by atoms with Crippen LogP contribution in [0.15, 0.2) is 24.3 Å². The van der Waals surface area contributed by atoms with Crippen LogP contribution in [0.2, 0.25) is 0 Å². The summed E-state index contributed by atoms with van der Waals surface area (Å²) in [6.07, 6.45) is 0. The minimum atomic E-state index is -0.326. The average Bonchev–Trinajstić information content (AvgIpc) is 2.47. The number of nitrogen functional groups attached to an aromatic ring is 1. The molecule has 0 aromatic heterocycles. The van der Waals surface area contributed by atoms with Crippen LogP contribution in [0.5, 0.6) is 0 Å². The van der Waals surface area contributed by atoms with Crippen molar-refractivity contribution >= 4 is 11.8 Å². The molecule has 0 radical (unpaired) electrons. The maximum atomic E-state index is 11.6. The number of nitrogens with two attached hydrogens (primary N) is 1. The third-order valence-corrected chi connectivity index (χ3v) is 2.84. The Kier molecular flexibility index (Phi) is 7.38. The molecular weight excluding hydrogens is 272 g/mol. The van der Waals surface area contributed by atoms with Gasteiger partial charge in [0.15, 0.2) is 0 Å². The van der Waals surface area contributed by atoms with Crippen LogP contribution in [0.1, 0.15) is 15.9 Å². The van der Waals surface area contributed by atoms with Crippen molar-refractivity contribution in [2.45, 2.75) is 6.54 Å². The summed E-state index contributed by atoms with van der Waals surface area (Å²) in [6, 6.07) is 7.07. The number of ether oxygens (including phenoxy) is 1. The molecule has 116 valence electrons. The maximum absolute atomic E-state index is 11.6. The van der Waals surface area contributed by atoms with Gasteiger partial charge in [-0.3, -0.25) is 19.9 Å². The molecule has 0 aliphatic heterocycles. The lowest BCUT2D eigenvalue weighted by Crippen LogP contribution is -2.36. The van der Waals surface area contributed by atoms with E-state index in [-0.39, 0.29) is 11.8 Å². The van der Waals surface area contributed by atoms with Gasteiger partial charge in [0.25, 0.3) is 5.91 Å². The fourth-order valence-corrected chi connectivity index (χ4v) is 1.81. The minimum Gasteiger partial charge on any atom is -0.383 e. The lowest BCUT2D eigenvalue weighted by molar-refractivity contribution is -0.122. The van der Waals surface area contributed by atoms with Gasteiger partial charge in [0, 0.05) is 25.8 Å². The second-order valence-corrected chi connectivity index (χ2v) is 4.69. The number of nitrogens with zero attached hydrogens (tertiary/aromatic N) is 1. The van der Waals surface area contributed by atoms with Gasteiger partial charge in [-0.2, -0.15) is 0 Å². The number of hydrogen-bond donors (Lipinski definition) is 3. The molecule has 0 spiro atoms. The largest absolute Gasteiger partial charge is 0.383 e. The lowest BCUT2D eigenvalue weighted by Gasteiger charge is -2.16. The van der Waals surface area contributed by atoms with Crippen LogP contribution < -0.4 is 16.6 Å². The van der Waals surface area contributed by atoms with E-state index in [2.05, 4.69) is 10.7 Å². The third-order valence-electron chi connectivity index (χ3n) is 2.84. The van der Waals surface area contributed by atoms with Gasteiger partial charge in [0.05, 0.1) is 13.2 Å². The third kappa shape index (κ3) is 6.35. The number of carbonyl (C=O) groups excluding carboxylic acids is 2. The number of nitrogens with one attached hydrogen (secondary N) is 2. The van der Waals surface area contributed by atoms with Crippen LogP contribution in [0.4, 0.5) is 0 Å². The van der Waals surface area contributed by atoms with E-state index in [0.717, 1.165) is 5.56 Å². The number of rotatable bonds is 8. The fraction of sp³-hybridized carbons (Fsp3) is 0.429. The number of amides is 2. The number of benzene rings is 1. The normalized spacial score (nSPS) is 10.5. The van der Waals surface area contributed by atoms with Crippen molar-refractivity contribution in [3.63, 3.8) is 0 Å². The van der Waals surface area contributed by atoms with Gasteiger partial charge in [-0.1, -0.05) is 12.1 Å². The zero-order chi connectivity index (χ0) is 15.7. The molecule has 1 aromatic carbocycles. The van der Waals surface area contributed by atoms with Crippen LogP contribution in [-0.2, 0) is 16.1 Å². The molecule has 0 aliphatic carbocycles. The first-order valence-electron chi connectivity index (χ1n) is 6.61. The molecule has 1 aromatic rings. The highest BCUT2D eigenvalue weighted by molar-refractivity contribution is 5.93. The maximum Gasteiger partial charge on any atom is 0.265 e. The Morgan fingerprint density at radius 2 is 1.95 bits per heavy atom. The first-order chi connectivity index (χ1) is 10.1. The summed E-state index contributed by atoms with van der Waals surface area (Å²) in [7, 11) is 3.45. The number of hydrogen-bond acceptors (Lipinski definition) is 5. The molecule has 0 saturated heterocycles. The van der Waals surface area contributed by atoms with Gasteiger partial charge >= 0.3 is 0 Å². The topological polar surface area (TPSA) is 96.7 Å². The molecule has 0 saturated carbocycles. The molecular formula is C14H22N4O3. The van der Waals surface area contributed by atoms with Crippen molar-refractivity contribution in [2.75, 3.05) is 33.9 Å². The van der Waals surface area contributed by atoms with Gasteiger partial charge in [-0.05, 0) is 24.7 Å². The molecule has 0 fully saturated rings. The quantitative estimate of drug-likeness (QED) is 0.259. The Morgan fingerprint density at radius 1 is 1.29 bits per heavy atom. The van der Waals surface area contributed by atoms with Crippen molar-refractivity contribution < 1.29 is 14.3 Å². The number of methoxy groups -OCH3 is 1. The van der Waals surface area contributed by atoms with Crippen molar-refractivity contribution in [3.8, 4) is 0 Å². The zero-order valence-electron chi connectivity index (χ0n) is 12.4. The predicted octanol–water partition coefficient (Wildman–Crippen LogP) is -0.515. The summed E-state index contributed by atoms with van der Waals surface area (Å²) < 4.78 is 4.86. The van der Waals surface area contributed by atoms with Crippen LogP contribution in [-0.4, -0.2) is 50.6 Å². The van der Waals surface area contributed by atoms with E-state index in [0.29, 0.717) is 31.8 Å². The molecule has 21 heavy (non-hydrogen) atoms. The Morgan fingerprint density at radius 3 is 2.52 bits per heavy atom. The van der Waals surface area contributed by atoms with E-state index < -0.39 is 0 Å². The summed E-state index contributed by atoms with van der Waals surface area (Å²) in [5, 5.41) is 2.76. The monoisotopic (exact) mass is 294 g/mol. The molecule has 0 unspecified atom stereocenters. The summed E-state index contributed by atoms with van der Waals surface area (Å²) in [6.45, 7) is 1.92. The van der Waals surface area contributed by atoms with Crippen molar-refractivity contribution in [3.05, 3.63) is 35.4 Å². The smallest absolute Gasteiger partial charge is 0.265 e. The molecule has 0 heterocycles. The summed E-state index contributed by atoms with van der Waals surface area (Å²) in [4.78, 5) is 24.8. The van der Waals surface area contributed by atoms with Crippen LogP contribution in [0.3, 0.4) is 0 Å². The SMILES string of the molecule is COCCNC(=O)CN(C)Cc1ccc(C(=O)NN)cc1. The van der Waals surface area contributed by atoms with E-state index in [1.165, 1.54) is 0 Å². The number of likely N-dealkylation sites (N-methyl/N-ethyl adjacent to an activating group) is 1. The molecule has 2 amide bonds. The first-order valence-corrected chi connectivity index (χ1v) is 6.61. The average molecular weight is 294 g/mol. The highest BCUT2D eigenvalue weighted by atomic mass is 16.5. The van der Waals surface area contributed by atoms with Gasteiger partial charge in [-0.15, -0.1) is 0 Å². The molecule has 1 rings (SSSR count). The first kappa shape index (κ1) is 17.1. The van der Waals surface area contributed by atoms with Crippen molar-refractivity contribution in [2.24, 2.45) is 5.84 Å². The Balaban J connectivity index is 2.42. The molecule has 7 heteroatoms. The van der Waals surface area contributed by atoms with Crippen LogP contribution in [0.25, 0.3) is 0 Å². The van der Waals surface area contributed by atoms with Gasteiger partial charge < -0.3 is 10.1 Å². The Bertz CT molecular complexity index is 462. The summed E-state index contributed by atoms with van der Waals surface area (Å²) >= 11 is 0. The van der Waals surface area contributed by atoms with Crippen LogP contribution in [0, 0.1) is 0 Å². The molecule has 0 aliphatic rings. The second-order valence-electron chi connectivity index (χ2n) is 4.69. The number of carbonyl (C=O) groups is 2. The van der Waals surface area contributed by atoms with E-state index in [1.807, 2.05) is 24.1 Å². The summed E-state index contributed by atoms with van der Waals surface area (Å²) in [5.74, 6) is 4.69. The van der Waals surface area contributed by atoms with Gasteiger partial charge in [-0.25, -0.2) is 5.84 Å².